The van der Waals surface area contributed by atoms with Crippen molar-refractivity contribution >= 4 is 5.91 Å². The molecule has 0 saturated carbocycles. The van der Waals surface area contributed by atoms with Gasteiger partial charge in [0, 0.05) is 6.04 Å². The molecular formula is C9H18N2O. The van der Waals surface area contributed by atoms with Crippen molar-refractivity contribution in [2.24, 2.45) is 17.6 Å². The minimum absolute atomic E-state index is 0.0405. The standard InChI is InChI=1S/C9H18N2O/c1-6(2)8-7(9(10)12)4-3-5-11-8/h6-8,11H,3-5H2,1-2H3,(H2,10,12). The molecule has 1 aliphatic heterocycles. The minimum Gasteiger partial charge on any atom is -0.369 e. The molecule has 0 spiro atoms. The quantitative estimate of drug-likeness (QED) is 0.634. The maximum Gasteiger partial charge on any atom is 0.222 e. The summed E-state index contributed by atoms with van der Waals surface area (Å²) in [6.45, 7) is 5.27. The zero-order chi connectivity index (χ0) is 9.14. The van der Waals surface area contributed by atoms with Gasteiger partial charge in [0.2, 0.25) is 5.91 Å². The maximum atomic E-state index is 11.1. The van der Waals surface area contributed by atoms with Crippen molar-refractivity contribution in [1.29, 1.82) is 0 Å². The van der Waals surface area contributed by atoms with E-state index in [1.54, 1.807) is 0 Å². The summed E-state index contributed by atoms with van der Waals surface area (Å²) in [5, 5.41) is 3.35. The van der Waals surface area contributed by atoms with Crippen molar-refractivity contribution < 1.29 is 4.79 Å². The molecule has 0 aliphatic carbocycles. The average molecular weight is 170 g/mol. The van der Waals surface area contributed by atoms with E-state index in [9.17, 15) is 4.79 Å². The molecule has 1 amide bonds. The summed E-state index contributed by atoms with van der Waals surface area (Å²) in [7, 11) is 0. The van der Waals surface area contributed by atoms with Crippen LogP contribution in [0.25, 0.3) is 0 Å². The molecule has 0 aromatic carbocycles. The molecule has 3 nitrogen and oxygen atoms in total. The third kappa shape index (κ3) is 1.97. The number of amides is 1. The summed E-state index contributed by atoms with van der Waals surface area (Å²) < 4.78 is 0. The van der Waals surface area contributed by atoms with Crippen LogP contribution in [0.3, 0.4) is 0 Å². The van der Waals surface area contributed by atoms with Crippen LogP contribution in [0.5, 0.6) is 0 Å². The topological polar surface area (TPSA) is 55.1 Å². The number of carbonyl (C=O) groups is 1. The molecule has 3 N–H and O–H groups in total. The lowest BCUT2D eigenvalue weighted by atomic mass is 9.84. The second-order valence-corrected chi connectivity index (χ2v) is 3.88. The average Bonchev–Trinajstić information content (AvgIpc) is 2.04. The van der Waals surface area contributed by atoms with Crippen LogP contribution in [0, 0.1) is 11.8 Å². The molecule has 2 unspecified atom stereocenters. The third-order valence-electron chi connectivity index (χ3n) is 2.59. The molecule has 1 rings (SSSR count). The van der Waals surface area contributed by atoms with Crippen molar-refractivity contribution in [3.8, 4) is 0 Å². The summed E-state index contributed by atoms with van der Waals surface area (Å²) >= 11 is 0. The maximum absolute atomic E-state index is 11.1. The molecule has 0 radical (unpaired) electrons. The van der Waals surface area contributed by atoms with E-state index < -0.39 is 0 Å². The Bertz CT molecular complexity index is 168. The monoisotopic (exact) mass is 170 g/mol. The molecule has 70 valence electrons. The SMILES string of the molecule is CC(C)C1NCCCC1C(N)=O. The normalized spacial score (nSPS) is 30.6. The molecule has 0 aromatic rings. The van der Waals surface area contributed by atoms with E-state index >= 15 is 0 Å². The molecule has 12 heavy (non-hydrogen) atoms. The van der Waals surface area contributed by atoms with Crippen LogP contribution in [0.1, 0.15) is 26.7 Å². The fourth-order valence-electron chi connectivity index (χ4n) is 1.93. The minimum atomic E-state index is -0.152. The number of rotatable bonds is 2. The van der Waals surface area contributed by atoms with Crippen LogP contribution in [0.2, 0.25) is 0 Å². The lowest BCUT2D eigenvalue weighted by molar-refractivity contribution is -0.123. The molecule has 1 heterocycles. The number of primary amides is 1. The summed E-state index contributed by atoms with van der Waals surface area (Å²) in [4.78, 5) is 11.1. The Hall–Kier alpha value is -0.570. The Morgan fingerprint density at radius 1 is 1.58 bits per heavy atom. The molecular weight excluding hydrogens is 152 g/mol. The van der Waals surface area contributed by atoms with E-state index in [0.717, 1.165) is 19.4 Å². The fourth-order valence-corrected chi connectivity index (χ4v) is 1.93. The second kappa shape index (κ2) is 3.90. The molecule has 0 bridgehead atoms. The molecule has 3 heteroatoms. The lowest BCUT2D eigenvalue weighted by Gasteiger charge is -2.33. The van der Waals surface area contributed by atoms with Gasteiger partial charge in [-0.05, 0) is 25.3 Å². The Kier molecular flexibility index (Phi) is 3.09. The lowest BCUT2D eigenvalue weighted by Crippen LogP contribution is -2.49. The van der Waals surface area contributed by atoms with E-state index in [2.05, 4.69) is 19.2 Å². The number of piperidine rings is 1. The molecule has 1 fully saturated rings. The van der Waals surface area contributed by atoms with Gasteiger partial charge in [-0.1, -0.05) is 13.8 Å². The van der Waals surface area contributed by atoms with Crippen molar-refractivity contribution in [3.05, 3.63) is 0 Å². The Morgan fingerprint density at radius 2 is 2.25 bits per heavy atom. The summed E-state index contributed by atoms with van der Waals surface area (Å²) in [6, 6.07) is 0.288. The first kappa shape index (κ1) is 9.52. The third-order valence-corrected chi connectivity index (χ3v) is 2.59. The molecule has 1 saturated heterocycles. The Labute approximate surface area is 73.7 Å². The number of nitrogens with one attached hydrogen (secondary N) is 1. The Balaban J connectivity index is 2.60. The Morgan fingerprint density at radius 3 is 2.67 bits per heavy atom. The van der Waals surface area contributed by atoms with E-state index in [1.807, 2.05) is 0 Å². The number of hydrogen-bond acceptors (Lipinski definition) is 2. The van der Waals surface area contributed by atoms with Gasteiger partial charge in [0.05, 0.1) is 5.92 Å². The smallest absolute Gasteiger partial charge is 0.222 e. The highest BCUT2D eigenvalue weighted by atomic mass is 16.1. The number of nitrogens with two attached hydrogens (primary N) is 1. The highest BCUT2D eigenvalue weighted by molar-refractivity contribution is 5.77. The van der Waals surface area contributed by atoms with Gasteiger partial charge in [0.15, 0.2) is 0 Å². The van der Waals surface area contributed by atoms with Crippen molar-refractivity contribution in [2.45, 2.75) is 32.7 Å². The first-order valence-electron chi connectivity index (χ1n) is 4.65. The molecule has 2 atom stereocenters. The first-order valence-corrected chi connectivity index (χ1v) is 4.65. The number of carbonyl (C=O) groups excluding carboxylic acids is 1. The van der Waals surface area contributed by atoms with E-state index in [4.69, 9.17) is 5.73 Å². The summed E-state index contributed by atoms with van der Waals surface area (Å²) in [6.07, 6.45) is 2.02. The van der Waals surface area contributed by atoms with Gasteiger partial charge in [-0.15, -0.1) is 0 Å². The zero-order valence-corrected chi connectivity index (χ0v) is 7.84. The highest BCUT2D eigenvalue weighted by Gasteiger charge is 2.30. The van der Waals surface area contributed by atoms with Crippen molar-refractivity contribution in [1.82, 2.24) is 5.32 Å². The zero-order valence-electron chi connectivity index (χ0n) is 7.84. The van der Waals surface area contributed by atoms with E-state index in [-0.39, 0.29) is 17.9 Å². The summed E-state index contributed by atoms with van der Waals surface area (Å²) in [5.41, 5.74) is 5.32. The van der Waals surface area contributed by atoms with Gasteiger partial charge in [0.25, 0.3) is 0 Å². The highest BCUT2D eigenvalue weighted by Crippen LogP contribution is 2.21. The van der Waals surface area contributed by atoms with Gasteiger partial charge in [0.1, 0.15) is 0 Å². The van der Waals surface area contributed by atoms with Gasteiger partial charge in [-0.2, -0.15) is 0 Å². The van der Waals surface area contributed by atoms with E-state index in [0.29, 0.717) is 5.92 Å². The summed E-state index contributed by atoms with van der Waals surface area (Å²) in [5.74, 6) is 0.377. The molecule has 0 aromatic heterocycles. The van der Waals surface area contributed by atoms with Gasteiger partial charge >= 0.3 is 0 Å². The predicted octanol–water partition coefficient (Wildman–Crippen LogP) is 0.496. The van der Waals surface area contributed by atoms with Crippen LogP contribution in [0.4, 0.5) is 0 Å². The van der Waals surface area contributed by atoms with E-state index in [1.165, 1.54) is 0 Å². The number of hydrogen-bond donors (Lipinski definition) is 2. The van der Waals surface area contributed by atoms with Crippen LogP contribution in [0.15, 0.2) is 0 Å². The van der Waals surface area contributed by atoms with Crippen LogP contribution in [-0.4, -0.2) is 18.5 Å². The van der Waals surface area contributed by atoms with Gasteiger partial charge in [-0.25, -0.2) is 0 Å². The van der Waals surface area contributed by atoms with Crippen LogP contribution >= 0.6 is 0 Å². The predicted molar refractivity (Wildman–Crippen MR) is 48.5 cm³/mol. The van der Waals surface area contributed by atoms with Crippen LogP contribution < -0.4 is 11.1 Å². The largest absolute Gasteiger partial charge is 0.369 e. The van der Waals surface area contributed by atoms with Gasteiger partial charge < -0.3 is 11.1 Å². The van der Waals surface area contributed by atoms with Crippen molar-refractivity contribution in [3.63, 3.8) is 0 Å². The molecule has 1 aliphatic rings. The van der Waals surface area contributed by atoms with Gasteiger partial charge in [-0.3, -0.25) is 4.79 Å². The van der Waals surface area contributed by atoms with Crippen molar-refractivity contribution in [2.75, 3.05) is 6.54 Å². The van der Waals surface area contributed by atoms with Crippen LogP contribution in [-0.2, 0) is 4.79 Å². The first-order chi connectivity index (χ1) is 5.63. The second-order valence-electron chi connectivity index (χ2n) is 3.88. The fraction of sp³-hybridized carbons (Fsp3) is 0.889.